The number of fused-ring (bicyclic) bond motifs is 1. The zero-order valence-electron chi connectivity index (χ0n) is 8.79. The minimum atomic E-state index is -1.35. The maximum atomic E-state index is 13.4. The molecule has 0 aliphatic carbocycles. The maximum Gasteiger partial charge on any atom is 0.372 e. The lowest BCUT2D eigenvalue weighted by atomic mass is 10.1. The molecule has 0 saturated carbocycles. The molecule has 0 unspecified atom stereocenters. The first kappa shape index (κ1) is 11.5. The highest BCUT2D eigenvalue weighted by Gasteiger charge is 2.23. The summed E-state index contributed by atoms with van der Waals surface area (Å²) >= 11 is 0. The number of hydrogen-bond acceptors (Lipinski definition) is 3. The van der Waals surface area contributed by atoms with Gasteiger partial charge in [0.25, 0.3) is 0 Å². The highest BCUT2D eigenvalue weighted by molar-refractivity contribution is 5.95. The summed E-state index contributed by atoms with van der Waals surface area (Å²) in [5.74, 6) is -4.08. The molecule has 0 bridgehead atoms. The molecule has 0 aliphatic rings. The van der Waals surface area contributed by atoms with Crippen molar-refractivity contribution in [2.75, 3.05) is 7.11 Å². The van der Waals surface area contributed by atoms with Crippen molar-refractivity contribution in [1.82, 2.24) is 0 Å². The van der Waals surface area contributed by atoms with Crippen LogP contribution < -0.4 is 0 Å². The highest BCUT2D eigenvalue weighted by Crippen LogP contribution is 2.29. The molecule has 90 valence electrons. The maximum absolute atomic E-state index is 13.4. The van der Waals surface area contributed by atoms with Crippen molar-refractivity contribution in [1.29, 1.82) is 0 Å². The number of carbonyl (C=O) groups is 1. The SMILES string of the molecule is COCc1c(C(=O)O)oc2c(F)c(F)ccc12. The first-order chi connectivity index (χ1) is 8.06. The lowest BCUT2D eigenvalue weighted by molar-refractivity contribution is 0.0658. The van der Waals surface area contributed by atoms with E-state index in [1.54, 1.807) is 0 Å². The van der Waals surface area contributed by atoms with Gasteiger partial charge in [-0.15, -0.1) is 0 Å². The molecule has 0 fully saturated rings. The summed E-state index contributed by atoms with van der Waals surface area (Å²) in [7, 11) is 1.37. The average molecular weight is 242 g/mol. The summed E-state index contributed by atoms with van der Waals surface area (Å²) in [6.07, 6.45) is 0. The summed E-state index contributed by atoms with van der Waals surface area (Å²) in [6, 6.07) is 2.18. The Kier molecular flexibility index (Phi) is 2.81. The third-order valence-corrected chi connectivity index (χ3v) is 2.34. The molecule has 2 aromatic rings. The van der Waals surface area contributed by atoms with Crippen LogP contribution in [-0.2, 0) is 11.3 Å². The molecule has 0 radical (unpaired) electrons. The van der Waals surface area contributed by atoms with E-state index in [2.05, 4.69) is 0 Å². The van der Waals surface area contributed by atoms with Gasteiger partial charge in [-0.05, 0) is 12.1 Å². The Morgan fingerprint density at radius 3 is 2.76 bits per heavy atom. The van der Waals surface area contributed by atoms with E-state index in [9.17, 15) is 13.6 Å². The van der Waals surface area contributed by atoms with Crippen molar-refractivity contribution in [2.24, 2.45) is 0 Å². The molecule has 0 spiro atoms. The second-order valence-corrected chi connectivity index (χ2v) is 3.39. The third-order valence-electron chi connectivity index (χ3n) is 2.34. The van der Waals surface area contributed by atoms with Gasteiger partial charge in [-0.25, -0.2) is 9.18 Å². The molecule has 6 heteroatoms. The van der Waals surface area contributed by atoms with Gasteiger partial charge in [0.15, 0.2) is 11.4 Å². The second-order valence-electron chi connectivity index (χ2n) is 3.39. The van der Waals surface area contributed by atoms with Gasteiger partial charge in [0, 0.05) is 18.1 Å². The van der Waals surface area contributed by atoms with Crippen LogP contribution in [0.15, 0.2) is 16.5 Å². The zero-order valence-corrected chi connectivity index (χ0v) is 8.79. The number of carboxylic acid groups (broad SMARTS) is 1. The van der Waals surface area contributed by atoms with Gasteiger partial charge < -0.3 is 14.3 Å². The highest BCUT2D eigenvalue weighted by atomic mass is 19.2. The van der Waals surface area contributed by atoms with E-state index in [1.165, 1.54) is 13.2 Å². The van der Waals surface area contributed by atoms with Crippen LogP contribution in [0, 0.1) is 11.6 Å². The van der Waals surface area contributed by atoms with Crippen molar-refractivity contribution in [3.05, 3.63) is 35.1 Å². The van der Waals surface area contributed by atoms with E-state index in [1.807, 2.05) is 0 Å². The number of halogens is 2. The predicted octanol–water partition coefficient (Wildman–Crippen LogP) is 2.56. The van der Waals surface area contributed by atoms with Crippen molar-refractivity contribution < 1.29 is 27.8 Å². The first-order valence-corrected chi connectivity index (χ1v) is 4.68. The Morgan fingerprint density at radius 1 is 1.47 bits per heavy atom. The summed E-state index contributed by atoms with van der Waals surface area (Å²) in [4.78, 5) is 10.9. The van der Waals surface area contributed by atoms with Gasteiger partial charge in [0.05, 0.1) is 6.61 Å². The lowest BCUT2D eigenvalue weighted by Gasteiger charge is -1.97. The number of ether oxygens (including phenoxy) is 1. The summed E-state index contributed by atoms with van der Waals surface area (Å²) in [5, 5.41) is 9.09. The van der Waals surface area contributed by atoms with E-state index in [0.717, 1.165) is 6.07 Å². The number of hydrogen-bond donors (Lipinski definition) is 1. The van der Waals surface area contributed by atoms with E-state index < -0.39 is 28.9 Å². The van der Waals surface area contributed by atoms with Crippen LogP contribution in [0.2, 0.25) is 0 Å². The van der Waals surface area contributed by atoms with Crippen molar-refractivity contribution in [2.45, 2.75) is 6.61 Å². The van der Waals surface area contributed by atoms with Gasteiger partial charge in [0.1, 0.15) is 0 Å². The summed E-state index contributed by atoms with van der Waals surface area (Å²) in [5.41, 5.74) is -0.219. The fraction of sp³-hybridized carbons (Fsp3) is 0.182. The molecular weight excluding hydrogens is 234 g/mol. The molecule has 17 heavy (non-hydrogen) atoms. The largest absolute Gasteiger partial charge is 0.475 e. The van der Waals surface area contributed by atoms with Gasteiger partial charge in [-0.1, -0.05) is 0 Å². The van der Waals surface area contributed by atoms with E-state index in [-0.39, 0.29) is 17.6 Å². The number of benzene rings is 1. The fourth-order valence-electron chi connectivity index (χ4n) is 1.62. The Labute approximate surface area is 94.4 Å². The quantitative estimate of drug-likeness (QED) is 0.898. The Balaban J connectivity index is 2.79. The monoisotopic (exact) mass is 242 g/mol. The normalized spacial score (nSPS) is 11.0. The average Bonchev–Trinajstić information content (AvgIpc) is 2.64. The molecule has 1 heterocycles. The van der Waals surface area contributed by atoms with Crippen molar-refractivity contribution >= 4 is 16.9 Å². The molecule has 0 saturated heterocycles. The lowest BCUT2D eigenvalue weighted by Crippen LogP contribution is -1.99. The van der Waals surface area contributed by atoms with Crippen LogP contribution in [0.3, 0.4) is 0 Å². The molecule has 0 amide bonds. The van der Waals surface area contributed by atoms with Gasteiger partial charge in [0.2, 0.25) is 11.6 Å². The Morgan fingerprint density at radius 2 is 2.18 bits per heavy atom. The van der Waals surface area contributed by atoms with Crippen LogP contribution in [0.4, 0.5) is 8.78 Å². The van der Waals surface area contributed by atoms with Crippen LogP contribution in [0.1, 0.15) is 16.1 Å². The van der Waals surface area contributed by atoms with Gasteiger partial charge in [-0.3, -0.25) is 0 Å². The summed E-state index contributed by atoms with van der Waals surface area (Å²) in [6.45, 7) is -0.0558. The van der Waals surface area contributed by atoms with Crippen LogP contribution in [0.25, 0.3) is 11.0 Å². The number of aromatic carboxylic acids is 1. The molecule has 1 aromatic heterocycles. The third kappa shape index (κ3) is 1.76. The zero-order chi connectivity index (χ0) is 12.6. The Bertz CT molecular complexity index is 589. The Hall–Kier alpha value is -1.95. The van der Waals surface area contributed by atoms with Gasteiger partial charge in [-0.2, -0.15) is 4.39 Å². The number of furan rings is 1. The topological polar surface area (TPSA) is 59.7 Å². The van der Waals surface area contributed by atoms with E-state index >= 15 is 0 Å². The fourth-order valence-corrected chi connectivity index (χ4v) is 1.62. The summed E-state index contributed by atoms with van der Waals surface area (Å²) < 4.78 is 36.0. The van der Waals surface area contributed by atoms with Crippen LogP contribution in [-0.4, -0.2) is 18.2 Å². The minimum Gasteiger partial charge on any atom is -0.475 e. The molecule has 0 atom stereocenters. The van der Waals surface area contributed by atoms with E-state index in [4.69, 9.17) is 14.3 Å². The number of carboxylic acids is 1. The van der Waals surface area contributed by atoms with Gasteiger partial charge >= 0.3 is 5.97 Å². The van der Waals surface area contributed by atoms with Crippen LogP contribution >= 0.6 is 0 Å². The predicted molar refractivity (Wildman–Crippen MR) is 53.8 cm³/mol. The number of rotatable bonds is 3. The standard InChI is InChI=1S/C11H8F2O4/c1-16-4-6-5-2-3-7(12)8(13)9(5)17-10(6)11(14)15/h2-3H,4H2,1H3,(H,14,15). The number of methoxy groups -OCH3 is 1. The van der Waals surface area contributed by atoms with Crippen molar-refractivity contribution in [3.8, 4) is 0 Å². The minimum absolute atomic E-state index is 0.0558. The molecular formula is C11H8F2O4. The molecule has 4 nitrogen and oxygen atoms in total. The molecule has 0 aliphatic heterocycles. The van der Waals surface area contributed by atoms with Crippen LogP contribution in [0.5, 0.6) is 0 Å². The molecule has 2 rings (SSSR count). The smallest absolute Gasteiger partial charge is 0.372 e. The molecule has 1 N–H and O–H groups in total. The first-order valence-electron chi connectivity index (χ1n) is 4.68. The molecule has 1 aromatic carbocycles. The van der Waals surface area contributed by atoms with E-state index in [0.29, 0.717) is 0 Å². The van der Waals surface area contributed by atoms with Crippen molar-refractivity contribution in [3.63, 3.8) is 0 Å². The second kappa shape index (κ2) is 4.14.